The lowest BCUT2D eigenvalue weighted by atomic mass is 10.2. The fourth-order valence-corrected chi connectivity index (χ4v) is 2.19. The van der Waals surface area contributed by atoms with Gasteiger partial charge in [0.15, 0.2) is 0 Å². The topological polar surface area (TPSA) is 66.9 Å². The van der Waals surface area contributed by atoms with Gasteiger partial charge >= 0.3 is 0 Å². The van der Waals surface area contributed by atoms with E-state index in [9.17, 15) is 13.6 Å². The lowest BCUT2D eigenvalue weighted by molar-refractivity contribution is 0.102. The molecular formula is C18H14F2N4O. The summed E-state index contributed by atoms with van der Waals surface area (Å²) in [6.45, 7) is 1.91. The second-order valence-electron chi connectivity index (χ2n) is 5.31. The Labute approximate surface area is 142 Å². The molecule has 3 rings (SSSR count). The summed E-state index contributed by atoms with van der Waals surface area (Å²) in [5, 5.41) is 5.16. The predicted molar refractivity (Wildman–Crippen MR) is 90.8 cm³/mol. The molecule has 0 radical (unpaired) electrons. The zero-order valence-electron chi connectivity index (χ0n) is 13.3. The summed E-state index contributed by atoms with van der Waals surface area (Å²) in [6.07, 6.45) is 1.33. The van der Waals surface area contributed by atoms with Crippen LogP contribution in [-0.2, 0) is 0 Å². The molecule has 5 nitrogen and oxygen atoms in total. The lowest BCUT2D eigenvalue weighted by Crippen LogP contribution is -2.15. The lowest BCUT2D eigenvalue weighted by Gasteiger charge is -2.09. The Hall–Kier alpha value is -3.35. The normalized spacial score (nSPS) is 10.4. The number of para-hydroxylation sites is 1. The zero-order valence-corrected chi connectivity index (χ0v) is 13.3. The van der Waals surface area contributed by atoms with Gasteiger partial charge in [-0.2, -0.15) is 0 Å². The number of aryl methyl sites for hydroxylation is 1. The van der Waals surface area contributed by atoms with E-state index in [2.05, 4.69) is 20.6 Å². The van der Waals surface area contributed by atoms with Gasteiger partial charge in [-0.05, 0) is 42.8 Å². The first-order valence-electron chi connectivity index (χ1n) is 7.45. The van der Waals surface area contributed by atoms with Gasteiger partial charge in [0.2, 0.25) is 5.95 Å². The van der Waals surface area contributed by atoms with Gasteiger partial charge in [-0.15, -0.1) is 0 Å². The first-order valence-corrected chi connectivity index (χ1v) is 7.45. The van der Waals surface area contributed by atoms with Gasteiger partial charge in [0, 0.05) is 11.9 Å². The molecule has 0 spiro atoms. The summed E-state index contributed by atoms with van der Waals surface area (Å²) in [5.74, 6) is -2.10. The number of benzene rings is 2. The van der Waals surface area contributed by atoms with E-state index in [0.29, 0.717) is 5.69 Å². The van der Waals surface area contributed by atoms with Crippen molar-refractivity contribution in [1.82, 2.24) is 9.97 Å². The van der Waals surface area contributed by atoms with Gasteiger partial charge in [0.05, 0.1) is 0 Å². The Bertz CT molecular complexity index is 910. The Morgan fingerprint density at radius 1 is 1.04 bits per heavy atom. The summed E-state index contributed by atoms with van der Waals surface area (Å²) in [6, 6.07) is 12.2. The van der Waals surface area contributed by atoms with Gasteiger partial charge in [-0.3, -0.25) is 4.79 Å². The minimum atomic E-state index is -0.779. The molecule has 1 heterocycles. The van der Waals surface area contributed by atoms with E-state index in [1.54, 1.807) is 6.07 Å². The highest BCUT2D eigenvalue weighted by atomic mass is 19.1. The van der Waals surface area contributed by atoms with Gasteiger partial charge in [0.25, 0.3) is 5.91 Å². The van der Waals surface area contributed by atoms with Crippen molar-refractivity contribution in [2.75, 3.05) is 10.6 Å². The number of nitrogens with zero attached hydrogens (tertiary/aromatic N) is 2. The molecular weight excluding hydrogens is 326 g/mol. The molecule has 0 atom stereocenters. The first-order chi connectivity index (χ1) is 12.0. The maximum absolute atomic E-state index is 13.7. The van der Waals surface area contributed by atoms with Crippen LogP contribution in [0.15, 0.2) is 54.7 Å². The van der Waals surface area contributed by atoms with Crippen LogP contribution >= 0.6 is 0 Å². The average Bonchev–Trinajstić information content (AvgIpc) is 2.58. The SMILES string of the molecule is Cc1cccc(NC(=O)c2ccnc(Nc3c(F)cccc3F)n2)c1. The smallest absolute Gasteiger partial charge is 0.274 e. The summed E-state index contributed by atoms with van der Waals surface area (Å²) in [4.78, 5) is 20.2. The number of nitrogens with one attached hydrogen (secondary N) is 2. The second-order valence-corrected chi connectivity index (χ2v) is 5.31. The fourth-order valence-electron chi connectivity index (χ4n) is 2.19. The Morgan fingerprint density at radius 2 is 1.76 bits per heavy atom. The van der Waals surface area contributed by atoms with Crippen LogP contribution in [0.2, 0.25) is 0 Å². The van der Waals surface area contributed by atoms with Crippen molar-refractivity contribution in [3.63, 3.8) is 0 Å². The summed E-state index contributed by atoms with van der Waals surface area (Å²) >= 11 is 0. The number of hydrogen-bond donors (Lipinski definition) is 2. The Kier molecular flexibility index (Phi) is 4.65. The van der Waals surface area contributed by atoms with Crippen LogP contribution in [0.25, 0.3) is 0 Å². The summed E-state index contributed by atoms with van der Waals surface area (Å²) in [7, 11) is 0. The number of halogens is 2. The van der Waals surface area contributed by atoms with Crippen LogP contribution in [0, 0.1) is 18.6 Å². The maximum atomic E-state index is 13.7. The molecule has 0 bridgehead atoms. The molecule has 2 aromatic carbocycles. The average molecular weight is 340 g/mol. The van der Waals surface area contributed by atoms with Crippen LogP contribution in [0.3, 0.4) is 0 Å². The van der Waals surface area contributed by atoms with Crippen LogP contribution in [0.1, 0.15) is 16.1 Å². The standard InChI is InChI=1S/C18H14F2N4O/c1-11-4-2-5-12(10-11)22-17(25)15-8-9-21-18(23-15)24-16-13(19)6-3-7-14(16)20/h2-10H,1H3,(H,22,25)(H,21,23,24). The van der Waals surface area contributed by atoms with Crippen molar-refractivity contribution in [3.8, 4) is 0 Å². The number of carbonyl (C=O) groups is 1. The van der Waals surface area contributed by atoms with Crippen LogP contribution < -0.4 is 10.6 Å². The minimum absolute atomic E-state index is 0.0655. The minimum Gasteiger partial charge on any atom is -0.321 e. The summed E-state index contributed by atoms with van der Waals surface area (Å²) in [5.41, 5.74) is 1.31. The van der Waals surface area contributed by atoms with Crippen molar-refractivity contribution < 1.29 is 13.6 Å². The largest absolute Gasteiger partial charge is 0.321 e. The van der Waals surface area contributed by atoms with E-state index < -0.39 is 17.5 Å². The molecule has 25 heavy (non-hydrogen) atoms. The summed E-state index contributed by atoms with van der Waals surface area (Å²) < 4.78 is 27.4. The van der Waals surface area contributed by atoms with Crippen molar-refractivity contribution >= 4 is 23.2 Å². The van der Waals surface area contributed by atoms with Crippen LogP contribution in [-0.4, -0.2) is 15.9 Å². The Morgan fingerprint density at radius 3 is 2.48 bits per heavy atom. The van der Waals surface area contributed by atoms with Crippen LogP contribution in [0.5, 0.6) is 0 Å². The van der Waals surface area contributed by atoms with Gasteiger partial charge in [-0.25, -0.2) is 18.7 Å². The van der Waals surface area contributed by atoms with Crippen molar-refractivity contribution in [2.45, 2.75) is 6.92 Å². The molecule has 0 fully saturated rings. The molecule has 126 valence electrons. The van der Waals surface area contributed by atoms with E-state index >= 15 is 0 Å². The fraction of sp³-hybridized carbons (Fsp3) is 0.0556. The third kappa shape index (κ3) is 3.95. The van der Waals surface area contributed by atoms with E-state index in [-0.39, 0.29) is 17.3 Å². The van der Waals surface area contributed by atoms with Crippen molar-refractivity contribution in [3.05, 3.63) is 77.6 Å². The van der Waals surface area contributed by atoms with E-state index in [1.807, 2.05) is 25.1 Å². The van der Waals surface area contributed by atoms with Crippen molar-refractivity contribution in [1.29, 1.82) is 0 Å². The number of hydrogen-bond acceptors (Lipinski definition) is 4. The van der Waals surface area contributed by atoms with Gasteiger partial charge < -0.3 is 10.6 Å². The van der Waals surface area contributed by atoms with E-state index in [1.165, 1.54) is 18.3 Å². The second kappa shape index (κ2) is 7.04. The molecule has 0 saturated carbocycles. The highest BCUT2D eigenvalue weighted by molar-refractivity contribution is 6.03. The Balaban J connectivity index is 1.80. The monoisotopic (exact) mass is 340 g/mol. The highest BCUT2D eigenvalue weighted by Crippen LogP contribution is 2.21. The third-order valence-corrected chi connectivity index (χ3v) is 3.36. The molecule has 0 aliphatic carbocycles. The predicted octanol–water partition coefficient (Wildman–Crippen LogP) is 4.06. The molecule has 0 aliphatic rings. The molecule has 0 saturated heterocycles. The highest BCUT2D eigenvalue weighted by Gasteiger charge is 2.13. The zero-order chi connectivity index (χ0) is 17.8. The number of rotatable bonds is 4. The number of aromatic nitrogens is 2. The molecule has 0 aliphatic heterocycles. The quantitative estimate of drug-likeness (QED) is 0.752. The molecule has 1 aromatic heterocycles. The van der Waals surface area contributed by atoms with Crippen molar-refractivity contribution in [2.24, 2.45) is 0 Å². The molecule has 7 heteroatoms. The maximum Gasteiger partial charge on any atom is 0.274 e. The van der Waals surface area contributed by atoms with E-state index in [0.717, 1.165) is 17.7 Å². The van der Waals surface area contributed by atoms with Crippen LogP contribution in [0.4, 0.5) is 26.1 Å². The number of anilines is 3. The molecule has 3 aromatic rings. The van der Waals surface area contributed by atoms with E-state index in [4.69, 9.17) is 0 Å². The van der Waals surface area contributed by atoms with Gasteiger partial charge in [0.1, 0.15) is 23.0 Å². The molecule has 2 N–H and O–H groups in total. The molecule has 0 unspecified atom stereocenters. The third-order valence-electron chi connectivity index (χ3n) is 3.36. The number of amides is 1. The molecule has 1 amide bonds. The first kappa shape index (κ1) is 16.5. The van der Waals surface area contributed by atoms with Gasteiger partial charge in [-0.1, -0.05) is 18.2 Å². The number of carbonyl (C=O) groups excluding carboxylic acids is 1.